The average Bonchev–Trinajstić information content (AvgIpc) is 3.02. The first-order valence-electron chi connectivity index (χ1n) is 8.13. The van der Waals surface area contributed by atoms with Gasteiger partial charge in [0.2, 0.25) is 0 Å². The molecule has 0 radical (unpaired) electrons. The van der Waals surface area contributed by atoms with Crippen LogP contribution >= 0.6 is 0 Å². The molecule has 0 aliphatic rings. The van der Waals surface area contributed by atoms with Gasteiger partial charge in [-0.1, -0.05) is 25.9 Å². The van der Waals surface area contributed by atoms with E-state index in [9.17, 15) is 26.4 Å². The zero-order chi connectivity index (χ0) is 20.6. The van der Waals surface area contributed by atoms with Crippen LogP contribution in [0.2, 0.25) is 0 Å². The first-order valence-corrected chi connectivity index (χ1v) is 9.67. The van der Waals surface area contributed by atoms with Crippen molar-refractivity contribution in [1.82, 2.24) is 5.16 Å². The molecule has 0 fully saturated rings. The molecule has 0 aliphatic heterocycles. The minimum atomic E-state index is -4.57. The number of ketones is 1. The average molecular weight is 403 g/mol. The van der Waals surface area contributed by atoms with Crippen molar-refractivity contribution in [3.8, 4) is 0 Å². The maximum Gasteiger partial charge on any atom is 0.416 e. The Bertz CT molecular complexity index is 923. The van der Waals surface area contributed by atoms with Crippen LogP contribution < -0.4 is 0 Å². The number of sulfone groups is 1. The molecule has 0 amide bonds. The molecule has 1 atom stereocenters. The number of hydrogen-bond donors (Lipinski definition) is 0. The van der Waals surface area contributed by atoms with Gasteiger partial charge in [0.15, 0.2) is 15.6 Å². The van der Waals surface area contributed by atoms with E-state index in [0.717, 1.165) is 12.1 Å². The van der Waals surface area contributed by atoms with Crippen molar-refractivity contribution in [3.63, 3.8) is 0 Å². The van der Waals surface area contributed by atoms with Gasteiger partial charge < -0.3 is 4.52 Å². The van der Waals surface area contributed by atoms with Crippen LogP contribution in [0.25, 0.3) is 0 Å². The number of alkyl halides is 3. The monoisotopic (exact) mass is 403 g/mol. The molecule has 0 saturated carbocycles. The number of rotatable bonds is 5. The number of halogens is 3. The second kappa shape index (κ2) is 7.10. The molecule has 5 nitrogen and oxygen atoms in total. The van der Waals surface area contributed by atoms with Crippen LogP contribution in [-0.2, 0) is 32.6 Å². The highest BCUT2D eigenvalue weighted by Gasteiger charge is 2.33. The van der Waals surface area contributed by atoms with E-state index in [-0.39, 0.29) is 16.7 Å². The van der Waals surface area contributed by atoms with Gasteiger partial charge in [-0.15, -0.1) is 0 Å². The van der Waals surface area contributed by atoms with Gasteiger partial charge in [0.05, 0.1) is 22.6 Å². The van der Waals surface area contributed by atoms with Crippen LogP contribution in [0.5, 0.6) is 0 Å². The van der Waals surface area contributed by atoms with Gasteiger partial charge in [-0.05, 0) is 31.2 Å². The Balaban J connectivity index is 2.18. The van der Waals surface area contributed by atoms with Gasteiger partial charge >= 0.3 is 6.18 Å². The van der Waals surface area contributed by atoms with Crippen molar-refractivity contribution in [3.05, 3.63) is 47.3 Å². The van der Waals surface area contributed by atoms with Gasteiger partial charge in [-0.3, -0.25) is 4.79 Å². The lowest BCUT2D eigenvalue weighted by atomic mass is 9.93. The molecule has 9 heteroatoms. The Kier molecular flexibility index (Phi) is 5.56. The van der Waals surface area contributed by atoms with Crippen LogP contribution in [0.4, 0.5) is 13.2 Å². The highest BCUT2D eigenvalue weighted by atomic mass is 32.2. The molecule has 1 unspecified atom stereocenters. The Morgan fingerprint density at radius 1 is 1.15 bits per heavy atom. The lowest BCUT2D eigenvalue weighted by molar-refractivity contribution is -0.137. The Morgan fingerprint density at radius 2 is 1.70 bits per heavy atom. The first kappa shape index (κ1) is 21.1. The normalized spacial score (nSPS) is 14.2. The van der Waals surface area contributed by atoms with Crippen LogP contribution in [-0.4, -0.2) is 24.6 Å². The lowest BCUT2D eigenvalue weighted by Crippen LogP contribution is -2.29. The van der Waals surface area contributed by atoms with Crippen molar-refractivity contribution in [2.75, 3.05) is 0 Å². The number of aromatic nitrogens is 1. The molecule has 0 spiro atoms. The number of benzene rings is 1. The Labute approximate surface area is 155 Å². The Hall–Kier alpha value is -2.16. The quantitative estimate of drug-likeness (QED) is 0.755. The molecule has 0 bridgehead atoms. The lowest BCUT2D eigenvalue weighted by Gasteiger charge is -2.13. The largest absolute Gasteiger partial charge is 0.416 e. The molecule has 0 saturated heterocycles. The topological polar surface area (TPSA) is 77.2 Å². The van der Waals surface area contributed by atoms with Crippen LogP contribution in [0.3, 0.4) is 0 Å². The standard InChI is InChI=1S/C18H20F3NO4S/c1-11(15(23)9-13-10-16(26-22-13)17(2,3)4)27(24,25)14-7-5-12(6-8-14)18(19,20)21/h5-8,10-11H,9H2,1-4H3. The fourth-order valence-electron chi connectivity index (χ4n) is 2.28. The van der Waals surface area contributed by atoms with E-state index in [1.165, 1.54) is 6.92 Å². The summed E-state index contributed by atoms with van der Waals surface area (Å²) >= 11 is 0. The first-order chi connectivity index (χ1) is 12.2. The Morgan fingerprint density at radius 3 is 2.15 bits per heavy atom. The van der Waals surface area contributed by atoms with E-state index >= 15 is 0 Å². The van der Waals surface area contributed by atoms with E-state index < -0.39 is 32.6 Å². The molecule has 0 N–H and O–H groups in total. The fourth-order valence-corrected chi connectivity index (χ4v) is 3.63. The minimum absolute atomic E-state index is 0.249. The molecular weight excluding hydrogens is 383 g/mol. The predicted octanol–water partition coefficient (Wildman–Crippen LogP) is 3.96. The maximum absolute atomic E-state index is 12.6. The number of carbonyl (C=O) groups excluding carboxylic acids is 1. The third-order valence-corrected chi connectivity index (χ3v) is 6.21. The summed E-state index contributed by atoms with van der Waals surface area (Å²) in [5.41, 5.74) is -0.969. The molecule has 1 heterocycles. The highest BCUT2D eigenvalue weighted by Crippen LogP contribution is 2.30. The SMILES string of the molecule is CC(C(=O)Cc1cc(C(C)(C)C)on1)S(=O)(=O)c1ccc(C(F)(F)F)cc1. The minimum Gasteiger partial charge on any atom is -0.361 e. The van der Waals surface area contributed by atoms with Crippen molar-refractivity contribution in [1.29, 1.82) is 0 Å². The summed E-state index contributed by atoms with van der Waals surface area (Å²) in [6, 6.07) is 4.66. The molecule has 2 aromatic rings. The van der Waals surface area contributed by atoms with Crippen molar-refractivity contribution in [2.45, 2.75) is 55.9 Å². The number of Topliss-reactive ketones (excluding diaryl/α,β-unsaturated/α-hetero) is 1. The second-order valence-electron chi connectivity index (χ2n) is 7.28. The molecule has 0 aliphatic carbocycles. The zero-order valence-corrected chi connectivity index (χ0v) is 16.1. The van der Waals surface area contributed by atoms with Crippen LogP contribution in [0, 0.1) is 0 Å². The molecule has 1 aromatic carbocycles. The van der Waals surface area contributed by atoms with E-state index in [1.54, 1.807) is 6.07 Å². The van der Waals surface area contributed by atoms with E-state index in [0.29, 0.717) is 23.6 Å². The van der Waals surface area contributed by atoms with Crippen molar-refractivity contribution < 1.29 is 30.9 Å². The van der Waals surface area contributed by atoms with E-state index in [4.69, 9.17) is 4.52 Å². The van der Waals surface area contributed by atoms with Gasteiger partial charge in [0, 0.05) is 11.5 Å². The molecule has 148 valence electrons. The van der Waals surface area contributed by atoms with Gasteiger partial charge in [-0.25, -0.2) is 8.42 Å². The van der Waals surface area contributed by atoms with Crippen molar-refractivity contribution in [2.24, 2.45) is 0 Å². The highest BCUT2D eigenvalue weighted by molar-refractivity contribution is 7.92. The predicted molar refractivity (Wildman–Crippen MR) is 92.0 cm³/mol. The maximum atomic E-state index is 12.6. The van der Waals surface area contributed by atoms with E-state index in [1.807, 2.05) is 20.8 Å². The van der Waals surface area contributed by atoms with E-state index in [2.05, 4.69) is 5.16 Å². The van der Waals surface area contributed by atoms with Gasteiger partial charge in [-0.2, -0.15) is 13.2 Å². The number of carbonyl (C=O) groups is 1. The van der Waals surface area contributed by atoms with Crippen LogP contribution in [0.15, 0.2) is 39.8 Å². The summed E-state index contributed by atoms with van der Waals surface area (Å²) < 4.78 is 68.1. The summed E-state index contributed by atoms with van der Waals surface area (Å²) in [4.78, 5) is 12.0. The molecule has 2 rings (SSSR count). The fraction of sp³-hybridized carbons (Fsp3) is 0.444. The zero-order valence-electron chi connectivity index (χ0n) is 15.3. The van der Waals surface area contributed by atoms with Crippen LogP contribution in [0.1, 0.15) is 44.7 Å². The summed E-state index contributed by atoms with van der Waals surface area (Å²) in [7, 11) is -4.12. The third kappa shape index (κ3) is 4.77. The molecule has 1 aromatic heterocycles. The number of nitrogens with zero attached hydrogens (tertiary/aromatic N) is 1. The summed E-state index contributed by atoms with van der Waals surface area (Å²) in [6.07, 6.45) is -4.82. The molecular formula is C18H20F3NO4S. The number of hydrogen-bond acceptors (Lipinski definition) is 5. The summed E-state index contributed by atoms with van der Waals surface area (Å²) in [5, 5.41) is 2.36. The molecule has 27 heavy (non-hydrogen) atoms. The third-order valence-electron chi connectivity index (χ3n) is 4.08. The van der Waals surface area contributed by atoms with Gasteiger partial charge in [0.25, 0.3) is 0 Å². The van der Waals surface area contributed by atoms with Crippen molar-refractivity contribution >= 4 is 15.6 Å². The second-order valence-corrected chi connectivity index (χ2v) is 9.55. The smallest absolute Gasteiger partial charge is 0.361 e. The van der Waals surface area contributed by atoms with Gasteiger partial charge in [0.1, 0.15) is 11.0 Å². The summed E-state index contributed by atoms with van der Waals surface area (Å²) in [5.74, 6) is -0.0628. The summed E-state index contributed by atoms with van der Waals surface area (Å²) in [6.45, 7) is 6.91.